The van der Waals surface area contributed by atoms with Crippen molar-refractivity contribution in [2.45, 2.75) is 32.4 Å². The predicted molar refractivity (Wildman–Crippen MR) is 114 cm³/mol. The standard InChI is InChI=1S/C20H22FN3O4.ClH.H2O/c1-10-6-15(25)16-17-12(19(26)13(20(27)28)9-24(10)17)7-14(21)18(16)23-5-4-22(3)11(2)8-23;;/h7,9-11H,4-6,8H2,1-3H3,(H,27,28);1H;1H2. The van der Waals surface area contributed by atoms with Crippen molar-refractivity contribution in [3.8, 4) is 0 Å². The van der Waals surface area contributed by atoms with Crippen molar-refractivity contribution >= 4 is 40.7 Å². The number of carbonyl (C=O) groups is 2. The number of carboxylic acid groups (broad SMARTS) is 1. The van der Waals surface area contributed by atoms with Gasteiger partial charge in [0.1, 0.15) is 11.4 Å². The van der Waals surface area contributed by atoms with Gasteiger partial charge in [-0.1, -0.05) is 0 Å². The van der Waals surface area contributed by atoms with Crippen molar-refractivity contribution in [3.63, 3.8) is 0 Å². The summed E-state index contributed by atoms with van der Waals surface area (Å²) in [5.41, 5.74) is -0.430. The molecule has 2 aliphatic heterocycles. The molecule has 0 radical (unpaired) electrons. The van der Waals surface area contributed by atoms with E-state index < -0.39 is 22.8 Å². The van der Waals surface area contributed by atoms with Crippen molar-refractivity contribution in [2.24, 2.45) is 0 Å². The number of Topliss-reactive ketones (excluding diaryl/α,β-unsaturated/α-hetero) is 1. The Balaban J connectivity index is 0.00000160. The van der Waals surface area contributed by atoms with Gasteiger partial charge < -0.3 is 24.9 Å². The summed E-state index contributed by atoms with van der Waals surface area (Å²) >= 11 is 0. The van der Waals surface area contributed by atoms with Gasteiger partial charge in [-0.2, -0.15) is 0 Å². The van der Waals surface area contributed by atoms with Crippen LogP contribution in [0.15, 0.2) is 17.1 Å². The van der Waals surface area contributed by atoms with Gasteiger partial charge in [0.2, 0.25) is 5.43 Å². The number of nitrogens with zero attached hydrogens (tertiary/aromatic N) is 3. The lowest BCUT2D eigenvalue weighted by molar-refractivity contribution is 0.0694. The van der Waals surface area contributed by atoms with Crippen LogP contribution in [0, 0.1) is 5.82 Å². The number of benzene rings is 1. The third kappa shape index (κ3) is 3.46. The summed E-state index contributed by atoms with van der Waals surface area (Å²) in [7, 11) is 2.00. The third-order valence-corrected chi connectivity index (χ3v) is 5.98. The maximum Gasteiger partial charge on any atom is 0.341 e. The number of hydrogen-bond donors (Lipinski definition) is 1. The minimum Gasteiger partial charge on any atom is -0.477 e. The number of halogens is 2. The van der Waals surface area contributed by atoms with Crippen molar-refractivity contribution in [2.75, 3.05) is 31.6 Å². The molecule has 3 N–H and O–H groups in total. The zero-order chi connectivity index (χ0) is 20.3. The van der Waals surface area contributed by atoms with Crippen LogP contribution in [0.4, 0.5) is 10.1 Å². The van der Waals surface area contributed by atoms with Crippen molar-refractivity contribution in [1.29, 1.82) is 0 Å². The van der Waals surface area contributed by atoms with Crippen LogP contribution in [0.1, 0.15) is 47.0 Å². The number of carboxylic acids is 1. The molecule has 164 valence electrons. The number of carbonyl (C=O) groups excluding carboxylic acids is 1. The first-order valence-corrected chi connectivity index (χ1v) is 9.33. The minimum atomic E-state index is -1.36. The van der Waals surface area contributed by atoms with Crippen LogP contribution in [-0.2, 0) is 0 Å². The largest absolute Gasteiger partial charge is 0.477 e. The molecule has 2 aliphatic rings. The number of piperazine rings is 1. The molecule has 1 saturated heterocycles. The van der Waals surface area contributed by atoms with Gasteiger partial charge in [-0.15, -0.1) is 12.4 Å². The Morgan fingerprint density at radius 2 is 1.87 bits per heavy atom. The summed E-state index contributed by atoms with van der Waals surface area (Å²) in [6.45, 7) is 5.68. The normalized spacial score (nSPS) is 21.2. The minimum absolute atomic E-state index is 0. The van der Waals surface area contributed by atoms with Gasteiger partial charge in [0.25, 0.3) is 0 Å². The van der Waals surface area contributed by atoms with Gasteiger partial charge in [0, 0.05) is 44.3 Å². The molecular formula is C20H25ClFN3O5. The Bertz CT molecular complexity index is 1090. The van der Waals surface area contributed by atoms with E-state index in [1.54, 1.807) is 11.5 Å². The zero-order valence-electron chi connectivity index (χ0n) is 16.9. The fourth-order valence-electron chi connectivity index (χ4n) is 4.27. The summed E-state index contributed by atoms with van der Waals surface area (Å²) in [6, 6.07) is 0.962. The molecule has 2 unspecified atom stereocenters. The molecule has 10 heteroatoms. The van der Waals surface area contributed by atoms with E-state index in [4.69, 9.17) is 0 Å². The smallest absolute Gasteiger partial charge is 0.341 e. The van der Waals surface area contributed by atoms with E-state index in [2.05, 4.69) is 4.90 Å². The van der Waals surface area contributed by atoms with Crippen LogP contribution in [0.25, 0.3) is 10.9 Å². The number of pyridine rings is 1. The number of hydrogen-bond acceptors (Lipinski definition) is 5. The lowest BCUT2D eigenvalue weighted by Crippen LogP contribution is -2.50. The molecule has 8 nitrogen and oxygen atoms in total. The highest BCUT2D eigenvalue weighted by atomic mass is 35.5. The van der Waals surface area contributed by atoms with Crippen molar-refractivity contribution in [1.82, 2.24) is 9.47 Å². The molecule has 0 amide bonds. The van der Waals surface area contributed by atoms with Crippen LogP contribution < -0.4 is 10.3 Å². The number of aromatic carboxylic acids is 1. The van der Waals surface area contributed by atoms with E-state index in [9.17, 15) is 19.5 Å². The van der Waals surface area contributed by atoms with Crippen LogP contribution in [-0.4, -0.2) is 64.5 Å². The Kier molecular flexibility index (Phi) is 6.60. The topological polar surface area (TPSA) is 114 Å². The number of likely N-dealkylation sites (N-methyl/N-ethyl adjacent to an activating group) is 1. The van der Waals surface area contributed by atoms with Crippen LogP contribution in [0.3, 0.4) is 0 Å². The predicted octanol–water partition coefficient (Wildman–Crippen LogP) is 1.72. The number of aromatic nitrogens is 1. The molecule has 1 aromatic carbocycles. The average molecular weight is 442 g/mol. The van der Waals surface area contributed by atoms with E-state index in [-0.39, 0.29) is 58.8 Å². The lowest BCUT2D eigenvalue weighted by atomic mass is 9.92. The van der Waals surface area contributed by atoms with E-state index in [0.29, 0.717) is 18.6 Å². The third-order valence-electron chi connectivity index (χ3n) is 5.98. The molecule has 0 aliphatic carbocycles. The van der Waals surface area contributed by atoms with Crippen molar-refractivity contribution in [3.05, 3.63) is 39.4 Å². The average Bonchev–Trinajstić information content (AvgIpc) is 2.62. The Labute approximate surface area is 178 Å². The quantitative estimate of drug-likeness (QED) is 0.758. The highest BCUT2D eigenvalue weighted by Gasteiger charge is 2.34. The molecule has 2 atom stereocenters. The van der Waals surface area contributed by atoms with E-state index in [0.717, 1.165) is 12.6 Å². The highest BCUT2D eigenvalue weighted by Crippen LogP contribution is 2.38. The molecule has 0 saturated carbocycles. The molecule has 4 rings (SSSR count). The Morgan fingerprint density at radius 1 is 1.20 bits per heavy atom. The first-order valence-electron chi connectivity index (χ1n) is 9.33. The molecule has 1 fully saturated rings. The van der Waals surface area contributed by atoms with Gasteiger partial charge in [-0.25, -0.2) is 9.18 Å². The number of rotatable bonds is 2. The second-order valence-electron chi connectivity index (χ2n) is 7.81. The summed E-state index contributed by atoms with van der Waals surface area (Å²) in [5.74, 6) is -2.24. The van der Waals surface area contributed by atoms with Gasteiger partial charge in [-0.05, 0) is 27.0 Å². The molecule has 0 bridgehead atoms. The molecule has 1 aromatic heterocycles. The molecule has 30 heavy (non-hydrogen) atoms. The fraction of sp³-hybridized carbons (Fsp3) is 0.450. The summed E-state index contributed by atoms with van der Waals surface area (Å²) in [5, 5.41) is 9.31. The zero-order valence-corrected chi connectivity index (χ0v) is 17.8. The second kappa shape index (κ2) is 8.33. The van der Waals surface area contributed by atoms with Gasteiger partial charge >= 0.3 is 5.97 Å². The Morgan fingerprint density at radius 3 is 2.47 bits per heavy atom. The van der Waals surface area contributed by atoms with Gasteiger partial charge in [0.05, 0.1) is 22.2 Å². The SMILES string of the molecule is CC1CN(c2c(F)cc3c(=O)c(C(=O)O)cn4c3c2C(=O)CC4C)CCN1C.Cl.O. The lowest BCUT2D eigenvalue weighted by Gasteiger charge is -2.40. The first-order chi connectivity index (χ1) is 13.2. The Hall–Kier alpha value is -2.49. The molecule has 2 aromatic rings. The van der Waals surface area contributed by atoms with Gasteiger partial charge in [0.15, 0.2) is 5.78 Å². The molecule has 0 spiro atoms. The maximum absolute atomic E-state index is 15.2. The monoisotopic (exact) mass is 441 g/mol. The maximum atomic E-state index is 15.2. The summed E-state index contributed by atoms with van der Waals surface area (Å²) in [4.78, 5) is 41.1. The van der Waals surface area contributed by atoms with Crippen LogP contribution in [0.2, 0.25) is 0 Å². The van der Waals surface area contributed by atoms with E-state index >= 15 is 4.39 Å². The van der Waals surface area contributed by atoms with Crippen molar-refractivity contribution < 1.29 is 24.6 Å². The van der Waals surface area contributed by atoms with Gasteiger partial charge in [-0.3, -0.25) is 9.59 Å². The fourth-order valence-corrected chi connectivity index (χ4v) is 4.27. The summed E-state index contributed by atoms with van der Waals surface area (Å²) in [6.07, 6.45) is 1.41. The molecular weight excluding hydrogens is 417 g/mol. The second-order valence-corrected chi connectivity index (χ2v) is 7.81. The molecule has 3 heterocycles. The van der Waals surface area contributed by atoms with E-state index in [1.165, 1.54) is 6.20 Å². The van der Waals surface area contributed by atoms with E-state index in [1.807, 2.05) is 18.9 Å². The number of ketones is 1. The van der Waals surface area contributed by atoms with Crippen LogP contribution in [0.5, 0.6) is 0 Å². The highest BCUT2D eigenvalue weighted by molar-refractivity contribution is 6.13. The van der Waals surface area contributed by atoms with Crippen LogP contribution >= 0.6 is 12.4 Å². The summed E-state index contributed by atoms with van der Waals surface area (Å²) < 4.78 is 16.9. The number of anilines is 1. The first kappa shape index (κ1) is 23.8.